The van der Waals surface area contributed by atoms with Crippen molar-refractivity contribution < 1.29 is 9.53 Å². The summed E-state index contributed by atoms with van der Waals surface area (Å²) in [6.07, 6.45) is 21.8. The molecule has 3 heteroatoms. The molecule has 0 heterocycles. The normalized spacial score (nSPS) is 12.4. The Morgan fingerprint density at radius 3 is 1.32 bits per heavy atom. The molecule has 0 rings (SSSR count). The second kappa shape index (κ2) is 23.7. The Kier molecular flexibility index (Phi) is 23.6. The zero-order valence-corrected chi connectivity index (χ0v) is 27.5. The molecule has 0 aliphatic heterocycles. The predicted octanol–water partition coefficient (Wildman–Crippen LogP) is 11.6. The first kappa shape index (κ1) is 36.8. The van der Waals surface area contributed by atoms with E-state index in [-0.39, 0.29) is 10.7 Å². The molecule has 0 atom stereocenters. The lowest BCUT2D eigenvalue weighted by Gasteiger charge is -2.32. The Hall–Kier alpha value is -0.180. The van der Waals surface area contributed by atoms with Gasteiger partial charge in [-0.3, -0.25) is 4.79 Å². The van der Waals surface area contributed by atoms with Gasteiger partial charge >= 0.3 is 5.97 Å². The van der Waals surface area contributed by atoms with Gasteiger partial charge < -0.3 is 4.74 Å². The van der Waals surface area contributed by atoms with E-state index in [4.69, 9.17) is 4.74 Å². The van der Waals surface area contributed by atoms with Crippen molar-refractivity contribution in [1.29, 1.82) is 0 Å². The second-order valence-corrected chi connectivity index (χ2v) is 14.9. The molecule has 0 aliphatic carbocycles. The third-order valence-corrected chi connectivity index (χ3v) is 9.18. The fourth-order valence-corrected chi connectivity index (χ4v) is 6.53. The fourth-order valence-electron chi connectivity index (χ4n) is 5.04. The molecule has 0 saturated heterocycles. The van der Waals surface area contributed by atoms with E-state index in [2.05, 4.69) is 55.4 Å². The highest BCUT2D eigenvalue weighted by Gasteiger charge is 2.39. The lowest BCUT2D eigenvalue weighted by molar-refractivity contribution is -0.147. The van der Waals surface area contributed by atoms with Gasteiger partial charge in [0.05, 0.1) is 6.61 Å². The van der Waals surface area contributed by atoms with E-state index in [0.717, 1.165) is 61.5 Å². The van der Waals surface area contributed by atoms with E-state index >= 15 is 0 Å². The summed E-state index contributed by atoms with van der Waals surface area (Å²) in [5.41, 5.74) is 0. The first-order valence-electron chi connectivity index (χ1n) is 16.4. The van der Waals surface area contributed by atoms with Gasteiger partial charge in [-0.05, 0) is 55.1 Å². The summed E-state index contributed by atoms with van der Waals surface area (Å²) in [4.78, 5) is 13.7. The third kappa shape index (κ3) is 22.3. The Labute approximate surface area is 238 Å². The van der Waals surface area contributed by atoms with Crippen LogP contribution < -0.4 is 0 Å². The summed E-state index contributed by atoms with van der Waals surface area (Å²) in [7, 11) is 0. The van der Waals surface area contributed by atoms with Gasteiger partial charge in [-0.1, -0.05) is 145 Å². The van der Waals surface area contributed by atoms with Crippen LogP contribution in [0.1, 0.15) is 171 Å². The number of unbranched alkanes of at least 4 members (excludes halogenated alkanes) is 8. The van der Waals surface area contributed by atoms with Crippen LogP contribution in [-0.2, 0) is 9.53 Å². The maximum absolute atomic E-state index is 13.7. The molecule has 0 radical (unpaired) electrons. The maximum Gasteiger partial charge on any atom is 0.322 e. The number of thioether (sulfide) groups is 1. The van der Waals surface area contributed by atoms with E-state index < -0.39 is 0 Å². The molecule has 0 N–H and O–H groups in total. The molecule has 0 aromatic rings. The predicted molar refractivity (Wildman–Crippen MR) is 169 cm³/mol. The zero-order chi connectivity index (χ0) is 27.9. The molecule has 222 valence electrons. The molecular formula is C34H68O2S. The summed E-state index contributed by atoms with van der Waals surface area (Å²) in [5, 5.41) is 0. The molecule has 37 heavy (non-hydrogen) atoms. The summed E-state index contributed by atoms with van der Waals surface area (Å²) >= 11 is 1.96. The van der Waals surface area contributed by atoms with Crippen molar-refractivity contribution in [1.82, 2.24) is 0 Å². The van der Waals surface area contributed by atoms with Crippen LogP contribution in [0.2, 0.25) is 0 Å². The highest BCUT2D eigenvalue weighted by atomic mass is 32.2. The molecule has 0 fully saturated rings. The van der Waals surface area contributed by atoms with E-state index in [1.807, 2.05) is 11.8 Å². The van der Waals surface area contributed by atoms with Crippen LogP contribution in [0.25, 0.3) is 0 Å². The minimum absolute atomic E-state index is 0.108. The molecule has 2 nitrogen and oxygen atoms in total. The molecule has 0 bridgehead atoms. The minimum Gasteiger partial charge on any atom is -0.465 e. The topological polar surface area (TPSA) is 26.3 Å². The standard InChI is InChI=1S/C34H68O2S/c1-29(2)21-13-9-17-25-34(26-18-10-14-22-30(3)4,37-28-20-12-16-24-32(7)8)33(35)36-27-19-11-15-23-31(5)6/h29-32H,9-28H2,1-8H3. The molecular weight excluding hydrogens is 472 g/mol. The Morgan fingerprint density at radius 2 is 0.919 bits per heavy atom. The zero-order valence-electron chi connectivity index (χ0n) is 26.7. The Morgan fingerprint density at radius 1 is 0.541 bits per heavy atom. The SMILES string of the molecule is CC(C)CCCCCOC(=O)C(CCCCCC(C)C)(CCCCCC(C)C)SCCCCCC(C)C. The van der Waals surface area contributed by atoms with E-state index in [1.165, 1.54) is 83.5 Å². The number of carbonyl (C=O) groups is 1. The van der Waals surface area contributed by atoms with E-state index in [1.54, 1.807) is 0 Å². The summed E-state index contributed by atoms with van der Waals surface area (Å²) in [5.74, 6) is 4.30. The Balaban J connectivity index is 5.10. The highest BCUT2D eigenvalue weighted by Crippen LogP contribution is 2.39. The van der Waals surface area contributed by atoms with Crippen LogP contribution in [0, 0.1) is 23.7 Å². The highest BCUT2D eigenvalue weighted by molar-refractivity contribution is 8.01. The number of hydrogen-bond donors (Lipinski definition) is 0. The van der Waals surface area contributed by atoms with Gasteiger partial charge in [0.1, 0.15) is 4.75 Å². The number of carbonyl (C=O) groups excluding carboxylic acids is 1. The van der Waals surface area contributed by atoms with Crippen molar-refractivity contribution in [3.63, 3.8) is 0 Å². The smallest absolute Gasteiger partial charge is 0.322 e. The molecule has 0 aliphatic rings. The fraction of sp³-hybridized carbons (Fsp3) is 0.971. The van der Waals surface area contributed by atoms with Gasteiger partial charge in [0, 0.05) is 0 Å². The molecule has 0 spiro atoms. The van der Waals surface area contributed by atoms with Crippen LogP contribution in [0.3, 0.4) is 0 Å². The van der Waals surface area contributed by atoms with E-state index in [9.17, 15) is 4.79 Å². The molecule has 0 unspecified atom stereocenters. The minimum atomic E-state index is -0.328. The van der Waals surface area contributed by atoms with Crippen LogP contribution in [-0.4, -0.2) is 23.1 Å². The summed E-state index contributed by atoms with van der Waals surface area (Å²) in [6, 6.07) is 0. The second-order valence-electron chi connectivity index (χ2n) is 13.5. The van der Waals surface area contributed by atoms with Crippen molar-refractivity contribution in [3.05, 3.63) is 0 Å². The average Bonchev–Trinajstić information content (AvgIpc) is 2.81. The Bertz CT molecular complexity index is 494. The number of ether oxygens (including phenoxy) is 1. The lowest BCUT2D eigenvalue weighted by Crippen LogP contribution is -2.38. The lowest BCUT2D eigenvalue weighted by atomic mass is 9.92. The number of hydrogen-bond acceptors (Lipinski definition) is 3. The monoisotopic (exact) mass is 540 g/mol. The molecule has 0 aromatic carbocycles. The number of rotatable bonds is 26. The van der Waals surface area contributed by atoms with Gasteiger partial charge in [-0.25, -0.2) is 0 Å². The van der Waals surface area contributed by atoms with Crippen molar-refractivity contribution in [2.75, 3.05) is 12.4 Å². The maximum atomic E-state index is 13.7. The van der Waals surface area contributed by atoms with Crippen LogP contribution in [0.5, 0.6) is 0 Å². The first-order valence-corrected chi connectivity index (χ1v) is 17.4. The van der Waals surface area contributed by atoms with Crippen LogP contribution in [0.15, 0.2) is 0 Å². The van der Waals surface area contributed by atoms with Crippen molar-refractivity contribution in [3.8, 4) is 0 Å². The quantitative estimate of drug-likeness (QED) is 0.0806. The van der Waals surface area contributed by atoms with Gasteiger partial charge in [-0.15, -0.1) is 11.8 Å². The van der Waals surface area contributed by atoms with Crippen LogP contribution >= 0.6 is 11.8 Å². The third-order valence-electron chi connectivity index (χ3n) is 7.56. The first-order chi connectivity index (χ1) is 17.6. The van der Waals surface area contributed by atoms with Gasteiger partial charge in [-0.2, -0.15) is 0 Å². The average molecular weight is 541 g/mol. The summed E-state index contributed by atoms with van der Waals surface area (Å²) < 4.78 is 5.73. The summed E-state index contributed by atoms with van der Waals surface area (Å²) in [6.45, 7) is 19.1. The van der Waals surface area contributed by atoms with Crippen molar-refractivity contribution in [2.24, 2.45) is 23.7 Å². The van der Waals surface area contributed by atoms with Gasteiger partial charge in [0.2, 0.25) is 0 Å². The van der Waals surface area contributed by atoms with Crippen molar-refractivity contribution in [2.45, 2.75) is 176 Å². The van der Waals surface area contributed by atoms with Crippen molar-refractivity contribution >= 4 is 17.7 Å². The van der Waals surface area contributed by atoms with E-state index in [0.29, 0.717) is 6.61 Å². The van der Waals surface area contributed by atoms with Gasteiger partial charge in [0.25, 0.3) is 0 Å². The molecule has 0 aromatic heterocycles. The number of esters is 1. The van der Waals surface area contributed by atoms with Crippen LogP contribution in [0.4, 0.5) is 0 Å². The largest absolute Gasteiger partial charge is 0.465 e. The molecule has 0 saturated carbocycles. The van der Waals surface area contributed by atoms with Gasteiger partial charge in [0.15, 0.2) is 0 Å². The molecule has 0 amide bonds.